The summed E-state index contributed by atoms with van der Waals surface area (Å²) in [6.45, 7) is 0. The third-order valence-corrected chi connectivity index (χ3v) is 2.11. The summed E-state index contributed by atoms with van der Waals surface area (Å²) in [5.41, 5.74) is 0.0856. The Kier molecular flexibility index (Phi) is 3.20. The van der Waals surface area contributed by atoms with E-state index in [1.54, 1.807) is 0 Å². The van der Waals surface area contributed by atoms with Gasteiger partial charge in [-0.25, -0.2) is 0 Å². The predicted octanol–water partition coefficient (Wildman–Crippen LogP) is 1.56. The fraction of sp³-hybridized carbons (Fsp3) is 0.143. The minimum Gasteiger partial charge on any atom is -0.495 e. The van der Waals surface area contributed by atoms with Crippen LogP contribution in [0.1, 0.15) is 0 Å². The van der Waals surface area contributed by atoms with Crippen LogP contribution in [-0.4, -0.2) is 20.1 Å². The molecule has 0 spiro atoms. The Balaban J connectivity index is 3.11. The smallest absolute Gasteiger partial charge is 0.357 e. The van der Waals surface area contributed by atoms with Gasteiger partial charge in [-0.3, -0.25) is 9.27 Å². The number of halogens is 1. The predicted molar refractivity (Wildman–Crippen MR) is 53.2 cm³/mol. The molecule has 0 bridgehead atoms. The van der Waals surface area contributed by atoms with Crippen LogP contribution in [0.15, 0.2) is 18.2 Å². The Morgan fingerprint density at radius 3 is 2.64 bits per heavy atom. The molecule has 0 aliphatic carbocycles. The lowest BCUT2D eigenvalue weighted by molar-refractivity contribution is 0.416. The van der Waals surface area contributed by atoms with Crippen molar-refractivity contribution in [2.75, 3.05) is 11.8 Å². The standard InChI is InChI=1S/C7H8ClNO4S/c1-13-7-3-2-5(8)4-6(7)9-14(10,11)12/h2-4,9H,1H3,(H,10,11,12). The lowest BCUT2D eigenvalue weighted by Gasteiger charge is -2.08. The summed E-state index contributed by atoms with van der Waals surface area (Å²) in [6, 6.07) is 4.35. The zero-order valence-corrected chi connectivity index (χ0v) is 8.76. The van der Waals surface area contributed by atoms with Crippen molar-refractivity contribution >= 4 is 27.6 Å². The molecule has 2 N–H and O–H groups in total. The number of benzene rings is 1. The molecule has 0 heterocycles. The third-order valence-electron chi connectivity index (χ3n) is 1.40. The second-order valence-corrected chi connectivity index (χ2v) is 4.01. The molecular weight excluding hydrogens is 230 g/mol. The topological polar surface area (TPSA) is 75.6 Å². The van der Waals surface area contributed by atoms with Crippen molar-refractivity contribution in [3.05, 3.63) is 23.2 Å². The number of methoxy groups -OCH3 is 1. The molecule has 7 heteroatoms. The van der Waals surface area contributed by atoms with Gasteiger partial charge in [0.2, 0.25) is 0 Å². The molecule has 0 amide bonds. The molecule has 0 saturated carbocycles. The Morgan fingerprint density at radius 2 is 2.14 bits per heavy atom. The molecule has 5 nitrogen and oxygen atoms in total. The van der Waals surface area contributed by atoms with E-state index in [1.807, 2.05) is 4.72 Å². The number of anilines is 1. The first kappa shape index (κ1) is 11.1. The highest BCUT2D eigenvalue weighted by Gasteiger charge is 2.09. The van der Waals surface area contributed by atoms with E-state index in [4.69, 9.17) is 20.9 Å². The molecule has 0 atom stereocenters. The lowest BCUT2D eigenvalue weighted by Crippen LogP contribution is -2.11. The van der Waals surface area contributed by atoms with Crippen molar-refractivity contribution < 1.29 is 17.7 Å². The van der Waals surface area contributed by atoms with Crippen molar-refractivity contribution in [3.8, 4) is 5.75 Å². The first-order valence-electron chi connectivity index (χ1n) is 3.51. The lowest BCUT2D eigenvalue weighted by atomic mass is 10.3. The molecule has 0 unspecified atom stereocenters. The summed E-state index contributed by atoms with van der Waals surface area (Å²) in [4.78, 5) is 0. The minimum absolute atomic E-state index is 0.0856. The summed E-state index contributed by atoms with van der Waals surface area (Å²) in [7, 11) is -2.94. The van der Waals surface area contributed by atoms with Crippen LogP contribution >= 0.6 is 11.6 Å². The van der Waals surface area contributed by atoms with Crippen LogP contribution in [0.4, 0.5) is 5.69 Å². The van der Waals surface area contributed by atoms with Crippen molar-refractivity contribution in [1.82, 2.24) is 0 Å². The Hall–Kier alpha value is -0.980. The van der Waals surface area contributed by atoms with E-state index in [0.29, 0.717) is 5.02 Å². The van der Waals surface area contributed by atoms with Gasteiger partial charge in [0.05, 0.1) is 12.8 Å². The average Bonchev–Trinajstić information content (AvgIpc) is 2.01. The highest BCUT2D eigenvalue weighted by Crippen LogP contribution is 2.28. The highest BCUT2D eigenvalue weighted by atomic mass is 35.5. The van der Waals surface area contributed by atoms with Crippen LogP contribution in [-0.2, 0) is 10.3 Å². The summed E-state index contributed by atoms with van der Waals surface area (Å²) >= 11 is 5.63. The number of ether oxygens (including phenoxy) is 1. The number of hydrogen-bond acceptors (Lipinski definition) is 3. The summed E-state index contributed by atoms with van der Waals surface area (Å²) in [6.07, 6.45) is 0. The monoisotopic (exact) mass is 237 g/mol. The summed E-state index contributed by atoms with van der Waals surface area (Å²) in [5.74, 6) is 0.270. The molecule has 0 saturated heterocycles. The van der Waals surface area contributed by atoms with Gasteiger partial charge < -0.3 is 4.74 Å². The third kappa shape index (κ3) is 3.06. The van der Waals surface area contributed by atoms with Gasteiger partial charge >= 0.3 is 10.3 Å². The Bertz CT molecular complexity index is 431. The number of nitrogens with one attached hydrogen (secondary N) is 1. The normalized spacial score (nSPS) is 11.1. The second-order valence-electron chi connectivity index (χ2n) is 2.42. The van der Waals surface area contributed by atoms with E-state index in [0.717, 1.165) is 0 Å². The van der Waals surface area contributed by atoms with Crippen LogP contribution in [0.2, 0.25) is 5.02 Å². The molecule has 0 aromatic heterocycles. The first-order chi connectivity index (χ1) is 6.42. The molecule has 1 aromatic rings. The molecule has 78 valence electrons. The Morgan fingerprint density at radius 1 is 1.50 bits per heavy atom. The van der Waals surface area contributed by atoms with Gasteiger partial charge in [-0.2, -0.15) is 8.42 Å². The van der Waals surface area contributed by atoms with E-state index < -0.39 is 10.3 Å². The van der Waals surface area contributed by atoms with Gasteiger partial charge in [0.15, 0.2) is 0 Å². The fourth-order valence-corrected chi connectivity index (χ4v) is 1.51. The van der Waals surface area contributed by atoms with E-state index >= 15 is 0 Å². The molecular formula is C7H8ClNO4S. The summed E-state index contributed by atoms with van der Waals surface area (Å²) in [5, 5.41) is 0.331. The highest BCUT2D eigenvalue weighted by molar-refractivity contribution is 7.87. The maximum Gasteiger partial charge on any atom is 0.357 e. The van der Waals surface area contributed by atoms with Gasteiger partial charge in [-0.05, 0) is 18.2 Å². The van der Waals surface area contributed by atoms with Crippen molar-refractivity contribution in [3.63, 3.8) is 0 Å². The fourth-order valence-electron chi connectivity index (χ4n) is 0.899. The maximum absolute atomic E-state index is 10.5. The van der Waals surface area contributed by atoms with Crippen LogP contribution in [0, 0.1) is 0 Å². The van der Waals surface area contributed by atoms with Gasteiger partial charge in [0.1, 0.15) is 5.75 Å². The van der Waals surface area contributed by atoms with Gasteiger partial charge in [-0.15, -0.1) is 0 Å². The van der Waals surface area contributed by atoms with Crippen LogP contribution in [0.3, 0.4) is 0 Å². The molecule has 0 fully saturated rings. The Labute approximate surface area is 86.5 Å². The van der Waals surface area contributed by atoms with E-state index in [2.05, 4.69) is 0 Å². The molecule has 0 aliphatic heterocycles. The molecule has 0 aliphatic rings. The maximum atomic E-state index is 10.5. The average molecular weight is 238 g/mol. The van der Waals surface area contributed by atoms with E-state index in [9.17, 15) is 8.42 Å². The van der Waals surface area contributed by atoms with Crippen LogP contribution in [0.25, 0.3) is 0 Å². The minimum atomic E-state index is -4.32. The number of hydrogen-bond donors (Lipinski definition) is 2. The molecule has 0 radical (unpaired) electrons. The van der Waals surface area contributed by atoms with Gasteiger partial charge in [-0.1, -0.05) is 11.6 Å². The quantitative estimate of drug-likeness (QED) is 0.783. The SMILES string of the molecule is COc1ccc(Cl)cc1NS(=O)(=O)O. The van der Waals surface area contributed by atoms with E-state index in [1.165, 1.54) is 25.3 Å². The summed E-state index contributed by atoms with van der Waals surface area (Å²) < 4.78 is 36.3. The molecule has 14 heavy (non-hydrogen) atoms. The van der Waals surface area contributed by atoms with Crippen LogP contribution < -0.4 is 9.46 Å². The van der Waals surface area contributed by atoms with Gasteiger partial charge in [0, 0.05) is 5.02 Å². The van der Waals surface area contributed by atoms with E-state index in [-0.39, 0.29) is 11.4 Å². The number of rotatable bonds is 3. The largest absolute Gasteiger partial charge is 0.495 e. The molecule has 1 rings (SSSR count). The van der Waals surface area contributed by atoms with Crippen LogP contribution in [0.5, 0.6) is 5.75 Å². The second kappa shape index (κ2) is 4.04. The van der Waals surface area contributed by atoms with Gasteiger partial charge in [0.25, 0.3) is 0 Å². The zero-order chi connectivity index (χ0) is 10.8. The zero-order valence-electron chi connectivity index (χ0n) is 7.19. The van der Waals surface area contributed by atoms with Crippen molar-refractivity contribution in [1.29, 1.82) is 0 Å². The molecule has 1 aromatic carbocycles. The first-order valence-corrected chi connectivity index (χ1v) is 5.33. The van der Waals surface area contributed by atoms with Crippen molar-refractivity contribution in [2.45, 2.75) is 0 Å². The van der Waals surface area contributed by atoms with Crippen molar-refractivity contribution in [2.24, 2.45) is 0 Å².